The van der Waals surface area contributed by atoms with E-state index in [1.165, 1.54) is 52.1 Å². The van der Waals surface area contributed by atoms with Crippen molar-refractivity contribution in [2.45, 2.75) is 71.1 Å². The Hall–Kier alpha value is -0.790. The molecule has 0 N–H and O–H groups in total. The molecule has 0 aromatic carbocycles. The fourth-order valence-corrected chi connectivity index (χ4v) is 1.74. The van der Waals surface area contributed by atoms with Gasteiger partial charge >= 0.3 is 5.97 Å². The summed E-state index contributed by atoms with van der Waals surface area (Å²) < 4.78 is 4.60. The maximum Gasteiger partial charge on any atom is 0.305 e. The number of allylic oxidation sites excluding steroid dienone is 2. The molecule has 0 atom stereocenters. The van der Waals surface area contributed by atoms with Crippen LogP contribution < -0.4 is 0 Å². The molecule has 0 aliphatic heterocycles. The van der Waals surface area contributed by atoms with Gasteiger partial charge in [0.15, 0.2) is 0 Å². The van der Waals surface area contributed by atoms with Gasteiger partial charge in [0.25, 0.3) is 0 Å². The zero-order valence-electron chi connectivity index (χ0n) is 11.5. The number of carbonyl (C=O) groups is 1. The first-order chi connectivity index (χ1) is 8.31. The van der Waals surface area contributed by atoms with E-state index in [1.54, 1.807) is 0 Å². The summed E-state index contributed by atoms with van der Waals surface area (Å²) in [6.45, 7) is 2.21. The average Bonchev–Trinajstić information content (AvgIpc) is 2.35. The number of ether oxygens (including phenoxy) is 1. The number of hydrogen-bond donors (Lipinski definition) is 0. The lowest BCUT2D eigenvalue weighted by molar-refractivity contribution is -0.140. The largest absolute Gasteiger partial charge is 0.469 e. The van der Waals surface area contributed by atoms with Crippen LogP contribution in [0.5, 0.6) is 0 Å². The molecular formula is C15H28O2. The molecule has 100 valence electrons. The summed E-state index contributed by atoms with van der Waals surface area (Å²) in [4.78, 5) is 10.8. The monoisotopic (exact) mass is 240 g/mol. The lowest BCUT2D eigenvalue weighted by atomic mass is 10.1. The van der Waals surface area contributed by atoms with E-state index < -0.39 is 0 Å². The molecule has 0 aromatic rings. The second-order valence-corrected chi connectivity index (χ2v) is 4.50. The number of hydrogen-bond acceptors (Lipinski definition) is 2. The molecule has 0 saturated heterocycles. The van der Waals surface area contributed by atoms with Gasteiger partial charge in [-0.2, -0.15) is 0 Å². The van der Waals surface area contributed by atoms with E-state index in [9.17, 15) is 4.79 Å². The standard InChI is InChI=1S/C15H28O2/c1-3-4-5-6-7-8-9-10-11-12-13-14-15(16)17-2/h5-6H,3-4,7-14H2,1-2H3/b6-5+. The summed E-state index contributed by atoms with van der Waals surface area (Å²) in [5.74, 6) is -0.0777. The van der Waals surface area contributed by atoms with Crippen molar-refractivity contribution in [1.82, 2.24) is 0 Å². The third kappa shape index (κ3) is 13.1. The third-order valence-electron chi connectivity index (χ3n) is 2.85. The van der Waals surface area contributed by atoms with Crippen LogP contribution in [0.1, 0.15) is 71.1 Å². The minimum Gasteiger partial charge on any atom is -0.469 e. The van der Waals surface area contributed by atoms with Gasteiger partial charge in [0.2, 0.25) is 0 Å². The Morgan fingerprint density at radius 1 is 0.941 bits per heavy atom. The number of methoxy groups -OCH3 is 1. The molecular weight excluding hydrogens is 212 g/mol. The molecule has 0 amide bonds. The van der Waals surface area contributed by atoms with Crippen LogP contribution in [0.15, 0.2) is 12.2 Å². The van der Waals surface area contributed by atoms with Crippen LogP contribution in [0.25, 0.3) is 0 Å². The van der Waals surface area contributed by atoms with Gasteiger partial charge in [-0.1, -0.05) is 51.2 Å². The molecule has 0 aromatic heterocycles. The van der Waals surface area contributed by atoms with Crippen LogP contribution in [0.3, 0.4) is 0 Å². The maximum atomic E-state index is 10.8. The molecule has 0 aliphatic rings. The highest BCUT2D eigenvalue weighted by Gasteiger charge is 1.98. The van der Waals surface area contributed by atoms with Crippen molar-refractivity contribution in [3.8, 4) is 0 Å². The summed E-state index contributed by atoms with van der Waals surface area (Å²) >= 11 is 0. The minimum absolute atomic E-state index is 0.0777. The molecule has 0 saturated carbocycles. The van der Waals surface area contributed by atoms with Crippen molar-refractivity contribution < 1.29 is 9.53 Å². The fourth-order valence-electron chi connectivity index (χ4n) is 1.74. The third-order valence-corrected chi connectivity index (χ3v) is 2.85. The molecule has 0 rings (SSSR count). The first-order valence-electron chi connectivity index (χ1n) is 7.03. The van der Waals surface area contributed by atoms with Crippen LogP contribution >= 0.6 is 0 Å². The van der Waals surface area contributed by atoms with Gasteiger partial charge in [-0.05, 0) is 25.7 Å². The average molecular weight is 240 g/mol. The van der Waals surface area contributed by atoms with E-state index in [1.807, 2.05) is 0 Å². The predicted octanol–water partition coefficient (Wildman–Crippen LogP) is 4.64. The molecule has 0 radical (unpaired) electrons. The second kappa shape index (κ2) is 13.3. The fraction of sp³-hybridized carbons (Fsp3) is 0.800. The molecule has 0 fully saturated rings. The van der Waals surface area contributed by atoms with Gasteiger partial charge in [-0.25, -0.2) is 0 Å². The van der Waals surface area contributed by atoms with Crippen LogP contribution in [0, 0.1) is 0 Å². The molecule has 0 unspecified atom stereocenters. The Labute approximate surface area is 106 Å². The lowest BCUT2D eigenvalue weighted by Crippen LogP contribution is -1.99. The van der Waals surface area contributed by atoms with Gasteiger partial charge in [-0.3, -0.25) is 4.79 Å². The van der Waals surface area contributed by atoms with Crippen molar-refractivity contribution in [2.24, 2.45) is 0 Å². The quantitative estimate of drug-likeness (QED) is 0.299. The SMILES string of the molecule is CCC/C=C/CCCCCCCCC(=O)OC. The zero-order valence-corrected chi connectivity index (χ0v) is 11.5. The summed E-state index contributed by atoms with van der Waals surface area (Å²) in [5, 5.41) is 0. The van der Waals surface area contributed by atoms with Gasteiger partial charge in [0.1, 0.15) is 0 Å². The molecule has 2 heteroatoms. The van der Waals surface area contributed by atoms with E-state index in [-0.39, 0.29) is 5.97 Å². The lowest BCUT2D eigenvalue weighted by Gasteiger charge is -2.00. The highest BCUT2D eigenvalue weighted by Crippen LogP contribution is 2.09. The molecule has 0 heterocycles. The van der Waals surface area contributed by atoms with Crippen LogP contribution in [0.2, 0.25) is 0 Å². The van der Waals surface area contributed by atoms with Gasteiger partial charge in [0, 0.05) is 6.42 Å². The van der Waals surface area contributed by atoms with Gasteiger partial charge in [-0.15, -0.1) is 0 Å². The van der Waals surface area contributed by atoms with Crippen molar-refractivity contribution in [1.29, 1.82) is 0 Å². The highest BCUT2D eigenvalue weighted by molar-refractivity contribution is 5.68. The minimum atomic E-state index is -0.0777. The van der Waals surface area contributed by atoms with Crippen LogP contribution in [0.4, 0.5) is 0 Å². The normalized spacial score (nSPS) is 10.9. The van der Waals surface area contributed by atoms with E-state index in [4.69, 9.17) is 0 Å². The smallest absolute Gasteiger partial charge is 0.305 e. The Balaban J connectivity index is 3.06. The van der Waals surface area contributed by atoms with E-state index in [0.29, 0.717) is 6.42 Å². The first-order valence-corrected chi connectivity index (χ1v) is 7.03. The van der Waals surface area contributed by atoms with E-state index in [0.717, 1.165) is 12.8 Å². The summed E-state index contributed by atoms with van der Waals surface area (Å²) in [6.07, 6.45) is 16.1. The predicted molar refractivity (Wildman–Crippen MR) is 73.0 cm³/mol. The summed E-state index contributed by atoms with van der Waals surface area (Å²) in [5.41, 5.74) is 0. The molecule has 0 aliphatic carbocycles. The van der Waals surface area contributed by atoms with Crippen molar-refractivity contribution in [3.63, 3.8) is 0 Å². The summed E-state index contributed by atoms with van der Waals surface area (Å²) in [7, 11) is 1.45. The van der Waals surface area contributed by atoms with E-state index in [2.05, 4.69) is 23.8 Å². The summed E-state index contributed by atoms with van der Waals surface area (Å²) in [6, 6.07) is 0. The second-order valence-electron chi connectivity index (χ2n) is 4.50. The Morgan fingerprint density at radius 2 is 1.53 bits per heavy atom. The number of unbranched alkanes of at least 4 members (excludes halogenated alkanes) is 7. The van der Waals surface area contributed by atoms with Gasteiger partial charge < -0.3 is 4.74 Å². The Kier molecular flexibility index (Phi) is 12.7. The topological polar surface area (TPSA) is 26.3 Å². The van der Waals surface area contributed by atoms with Crippen LogP contribution in [-0.4, -0.2) is 13.1 Å². The van der Waals surface area contributed by atoms with Crippen LogP contribution in [-0.2, 0) is 9.53 Å². The molecule has 0 spiro atoms. The maximum absolute atomic E-state index is 10.8. The first kappa shape index (κ1) is 16.2. The Morgan fingerprint density at radius 3 is 2.18 bits per heavy atom. The van der Waals surface area contributed by atoms with Crippen molar-refractivity contribution in [3.05, 3.63) is 12.2 Å². The number of esters is 1. The van der Waals surface area contributed by atoms with Gasteiger partial charge in [0.05, 0.1) is 7.11 Å². The highest BCUT2D eigenvalue weighted by atomic mass is 16.5. The molecule has 0 bridgehead atoms. The molecule has 17 heavy (non-hydrogen) atoms. The van der Waals surface area contributed by atoms with E-state index >= 15 is 0 Å². The number of carbonyl (C=O) groups excluding carboxylic acids is 1. The van der Waals surface area contributed by atoms with Crippen molar-refractivity contribution in [2.75, 3.05) is 7.11 Å². The Bertz CT molecular complexity index is 197. The van der Waals surface area contributed by atoms with Crippen molar-refractivity contribution >= 4 is 5.97 Å². The zero-order chi connectivity index (χ0) is 12.8. The number of rotatable bonds is 11. The molecule has 2 nitrogen and oxygen atoms in total.